The van der Waals surface area contributed by atoms with Crippen molar-refractivity contribution >= 4 is 43.4 Å². The van der Waals surface area contributed by atoms with Gasteiger partial charge in [-0.05, 0) is 42.3 Å². The maximum atomic E-state index is 12.3. The number of fused-ring (bicyclic) bond motifs is 1. The first kappa shape index (κ1) is 15.2. The molecule has 0 atom stereocenters. The highest BCUT2D eigenvalue weighted by Gasteiger charge is 2.08. The molecule has 1 aromatic heterocycles. The number of halogens is 1. The number of carbonyl (C=O) groups is 1. The number of aryl methyl sites for hydroxylation is 2. The topological polar surface area (TPSA) is 34.4 Å². The Labute approximate surface area is 141 Å². The second kappa shape index (κ2) is 6.18. The molecule has 0 bridgehead atoms. The molecule has 3 nitrogen and oxygen atoms in total. The van der Waals surface area contributed by atoms with Gasteiger partial charge in [0.1, 0.15) is 0 Å². The van der Waals surface area contributed by atoms with Crippen LogP contribution in [0.3, 0.4) is 0 Å². The summed E-state index contributed by atoms with van der Waals surface area (Å²) >= 11 is 4.92. The lowest BCUT2D eigenvalue weighted by molar-refractivity contribution is 0.0998. The van der Waals surface area contributed by atoms with Crippen LogP contribution in [-0.4, -0.2) is 10.5 Å². The van der Waals surface area contributed by atoms with Gasteiger partial charge >= 0.3 is 0 Å². The molecule has 112 valence electrons. The van der Waals surface area contributed by atoms with E-state index in [1.165, 1.54) is 5.56 Å². The maximum absolute atomic E-state index is 12.3. The fourth-order valence-electron chi connectivity index (χ4n) is 2.28. The van der Waals surface area contributed by atoms with E-state index in [0.29, 0.717) is 10.4 Å². The van der Waals surface area contributed by atoms with Crippen molar-refractivity contribution < 1.29 is 4.79 Å². The smallest absolute Gasteiger partial charge is 0.279 e. The number of aromatic nitrogens is 1. The SMILES string of the molecule is CCc1ccc2c(c1)sc(=NC(=O)c1cccc(Br)c1)n2C. The van der Waals surface area contributed by atoms with E-state index >= 15 is 0 Å². The Morgan fingerprint density at radius 2 is 2.09 bits per heavy atom. The highest BCUT2D eigenvalue weighted by molar-refractivity contribution is 9.10. The Hall–Kier alpha value is -1.72. The summed E-state index contributed by atoms with van der Waals surface area (Å²) in [4.78, 5) is 17.3. The van der Waals surface area contributed by atoms with E-state index in [1.807, 2.05) is 23.7 Å². The molecule has 0 radical (unpaired) electrons. The molecule has 3 rings (SSSR count). The summed E-state index contributed by atoms with van der Waals surface area (Å²) in [5.74, 6) is -0.223. The van der Waals surface area contributed by atoms with Gasteiger partial charge < -0.3 is 4.57 Å². The minimum atomic E-state index is -0.223. The zero-order chi connectivity index (χ0) is 15.7. The Morgan fingerprint density at radius 3 is 2.82 bits per heavy atom. The monoisotopic (exact) mass is 374 g/mol. The van der Waals surface area contributed by atoms with E-state index in [2.05, 4.69) is 46.0 Å². The highest BCUT2D eigenvalue weighted by Crippen LogP contribution is 2.19. The molecule has 0 aliphatic heterocycles. The summed E-state index contributed by atoms with van der Waals surface area (Å²) in [6.07, 6.45) is 1.00. The third-order valence-electron chi connectivity index (χ3n) is 3.55. The molecule has 0 spiro atoms. The van der Waals surface area contributed by atoms with Gasteiger partial charge in [0.2, 0.25) is 0 Å². The summed E-state index contributed by atoms with van der Waals surface area (Å²) in [5, 5.41) is 0. The van der Waals surface area contributed by atoms with Crippen LogP contribution in [0.5, 0.6) is 0 Å². The fourth-order valence-corrected chi connectivity index (χ4v) is 3.76. The van der Waals surface area contributed by atoms with Crippen LogP contribution in [0.1, 0.15) is 22.8 Å². The molecule has 0 fully saturated rings. The minimum absolute atomic E-state index is 0.223. The fraction of sp³-hybridized carbons (Fsp3) is 0.176. The van der Waals surface area contributed by atoms with Crippen LogP contribution in [-0.2, 0) is 13.5 Å². The van der Waals surface area contributed by atoms with Crippen LogP contribution in [0.4, 0.5) is 0 Å². The molecule has 3 aromatic rings. The molecule has 2 aromatic carbocycles. The van der Waals surface area contributed by atoms with Gasteiger partial charge in [0, 0.05) is 17.1 Å². The molecular weight excluding hydrogens is 360 g/mol. The van der Waals surface area contributed by atoms with E-state index in [0.717, 1.165) is 21.1 Å². The zero-order valence-electron chi connectivity index (χ0n) is 12.3. The molecule has 0 aliphatic rings. The standard InChI is InChI=1S/C17H15BrN2OS/c1-3-11-7-8-14-15(9-11)22-17(20(14)2)19-16(21)12-5-4-6-13(18)10-12/h4-10H,3H2,1-2H3. The molecule has 0 saturated heterocycles. The predicted octanol–water partition coefficient (Wildman–Crippen LogP) is 4.31. The van der Waals surface area contributed by atoms with Crippen LogP contribution in [0.25, 0.3) is 10.2 Å². The number of nitrogens with zero attached hydrogens (tertiary/aromatic N) is 2. The first-order valence-corrected chi connectivity index (χ1v) is 8.62. The van der Waals surface area contributed by atoms with Crippen LogP contribution >= 0.6 is 27.3 Å². The molecule has 5 heteroatoms. The first-order chi connectivity index (χ1) is 10.6. The average Bonchev–Trinajstić information content (AvgIpc) is 2.82. The number of rotatable bonds is 2. The number of carbonyl (C=O) groups excluding carboxylic acids is 1. The number of benzene rings is 2. The molecule has 1 amide bonds. The van der Waals surface area contributed by atoms with E-state index < -0.39 is 0 Å². The summed E-state index contributed by atoms with van der Waals surface area (Å²) in [6, 6.07) is 13.7. The molecule has 1 heterocycles. The summed E-state index contributed by atoms with van der Waals surface area (Å²) in [5.41, 5.74) is 2.98. The van der Waals surface area contributed by atoms with Crippen molar-refractivity contribution in [1.29, 1.82) is 0 Å². The quantitative estimate of drug-likeness (QED) is 0.658. The van der Waals surface area contributed by atoms with E-state index in [4.69, 9.17) is 0 Å². The van der Waals surface area contributed by atoms with Crippen molar-refractivity contribution in [2.45, 2.75) is 13.3 Å². The van der Waals surface area contributed by atoms with Crippen molar-refractivity contribution in [1.82, 2.24) is 4.57 Å². The first-order valence-electron chi connectivity index (χ1n) is 7.01. The summed E-state index contributed by atoms with van der Waals surface area (Å²) < 4.78 is 4.00. The van der Waals surface area contributed by atoms with Crippen LogP contribution < -0.4 is 4.80 Å². The largest absolute Gasteiger partial charge is 0.319 e. The van der Waals surface area contributed by atoms with Crippen LogP contribution in [0.15, 0.2) is 51.9 Å². The Balaban J connectivity index is 2.09. The van der Waals surface area contributed by atoms with Crippen molar-refractivity contribution in [3.63, 3.8) is 0 Å². The van der Waals surface area contributed by atoms with E-state index in [-0.39, 0.29) is 5.91 Å². The lowest BCUT2D eigenvalue weighted by Gasteiger charge is -1.98. The normalized spacial score (nSPS) is 12.0. The van der Waals surface area contributed by atoms with Crippen LogP contribution in [0, 0.1) is 0 Å². The maximum Gasteiger partial charge on any atom is 0.279 e. The zero-order valence-corrected chi connectivity index (χ0v) is 14.7. The lowest BCUT2D eigenvalue weighted by Crippen LogP contribution is -2.13. The lowest BCUT2D eigenvalue weighted by atomic mass is 10.2. The summed E-state index contributed by atoms with van der Waals surface area (Å²) in [6.45, 7) is 2.14. The second-order valence-corrected chi connectivity index (χ2v) is 6.95. The molecule has 0 saturated carbocycles. The number of amides is 1. The van der Waals surface area contributed by atoms with Crippen molar-refractivity contribution in [3.8, 4) is 0 Å². The predicted molar refractivity (Wildman–Crippen MR) is 94.2 cm³/mol. The van der Waals surface area contributed by atoms with Crippen LogP contribution in [0.2, 0.25) is 0 Å². The number of hydrogen-bond donors (Lipinski definition) is 0. The molecule has 0 unspecified atom stereocenters. The molecule has 22 heavy (non-hydrogen) atoms. The molecular formula is C17H15BrN2OS. The van der Waals surface area contributed by atoms with Gasteiger partial charge in [0.25, 0.3) is 5.91 Å². The third kappa shape index (κ3) is 2.91. The second-order valence-electron chi connectivity index (χ2n) is 5.03. The van der Waals surface area contributed by atoms with Gasteiger partial charge in [-0.3, -0.25) is 4.79 Å². The van der Waals surface area contributed by atoms with Crippen molar-refractivity contribution in [2.75, 3.05) is 0 Å². The Morgan fingerprint density at radius 1 is 1.27 bits per heavy atom. The van der Waals surface area contributed by atoms with Gasteiger partial charge in [0.15, 0.2) is 4.80 Å². The minimum Gasteiger partial charge on any atom is -0.319 e. The van der Waals surface area contributed by atoms with Gasteiger partial charge in [-0.15, -0.1) is 0 Å². The number of hydrogen-bond acceptors (Lipinski definition) is 2. The summed E-state index contributed by atoms with van der Waals surface area (Å²) in [7, 11) is 1.94. The van der Waals surface area contributed by atoms with Crippen molar-refractivity contribution in [2.24, 2.45) is 12.0 Å². The Bertz CT molecular complexity index is 924. The molecule has 0 aliphatic carbocycles. The average molecular weight is 375 g/mol. The van der Waals surface area contributed by atoms with Gasteiger partial charge in [-0.1, -0.05) is 46.3 Å². The van der Waals surface area contributed by atoms with E-state index in [9.17, 15) is 4.79 Å². The number of thiazole rings is 1. The third-order valence-corrected chi connectivity index (χ3v) is 5.14. The van der Waals surface area contributed by atoms with E-state index in [1.54, 1.807) is 23.5 Å². The highest BCUT2D eigenvalue weighted by atomic mass is 79.9. The van der Waals surface area contributed by atoms with Gasteiger partial charge in [-0.2, -0.15) is 4.99 Å². The van der Waals surface area contributed by atoms with Gasteiger partial charge in [0.05, 0.1) is 10.2 Å². The molecule has 0 N–H and O–H groups in total. The van der Waals surface area contributed by atoms with Gasteiger partial charge in [-0.25, -0.2) is 0 Å². The van der Waals surface area contributed by atoms with Crippen molar-refractivity contribution in [3.05, 3.63) is 62.9 Å². The Kier molecular flexibility index (Phi) is 4.27.